The Morgan fingerprint density at radius 3 is 2.00 bits per heavy atom. The SMILES string of the molecule is CC(C)(C)OC(=O)N1CCCCC1N(Cc1ccccc1)Cc1ccccc1. The lowest BCUT2D eigenvalue weighted by Gasteiger charge is -2.43. The van der Waals surface area contributed by atoms with E-state index in [4.69, 9.17) is 4.74 Å². The summed E-state index contributed by atoms with van der Waals surface area (Å²) in [5.41, 5.74) is 2.03. The Morgan fingerprint density at radius 1 is 0.964 bits per heavy atom. The second-order valence-corrected chi connectivity index (χ2v) is 8.53. The summed E-state index contributed by atoms with van der Waals surface area (Å²) in [7, 11) is 0. The molecule has 0 aromatic heterocycles. The molecule has 0 N–H and O–H groups in total. The van der Waals surface area contributed by atoms with Gasteiger partial charge in [-0.05, 0) is 51.2 Å². The van der Waals surface area contributed by atoms with E-state index in [1.54, 1.807) is 0 Å². The van der Waals surface area contributed by atoms with Gasteiger partial charge in [-0.2, -0.15) is 0 Å². The molecule has 1 heterocycles. The number of carbonyl (C=O) groups excluding carboxylic acids is 1. The van der Waals surface area contributed by atoms with Crippen LogP contribution in [-0.4, -0.2) is 34.2 Å². The van der Waals surface area contributed by atoms with Gasteiger partial charge in [0.25, 0.3) is 0 Å². The lowest BCUT2D eigenvalue weighted by Crippen LogP contribution is -2.53. The largest absolute Gasteiger partial charge is 0.444 e. The van der Waals surface area contributed by atoms with Gasteiger partial charge in [0.15, 0.2) is 0 Å². The number of rotatable bonds is 5. The molecule has 28 heavy (non-hydrogen) atoms. The van der Waals surface area contributed by atoms with Gasteiger partial charge in [0.2, 0.25) is 0 Å². The second-order valence-electron chi connectivity index (χ2n) is 8.53. The van der Waals surface area contributed by atoms with Crippen LogP contribution in [0.2, 0.25) is 0 Å². The quantitative estimate of drug-likeness (QED) is 0.693. The Bertz CT molecular complexity index is 699. The van der Waals surface area contributed by atoms with Crippen molar-refractivity contribution in [2.45, 2.75) is 64.9 Å². The van der Waals surface area contributed by atoms with E-state index in [-0.39, 0.29) is 12.3 Å². The molecule has 0 radical (unpaired) electrons. The number of piperidine rings is 1. The second kappa shape index (κ2) is 9.24. The third-order valence-corrected chi connectivity index (χ3v) is 4.98. The normalized spacial score (nSPS) is 17.6. The highest BCUT2D eigenvalue weighted by molar-refractivity contribution is 5.68. The molecule has 4 nitrogen and oxygen atoms in total. The monoisotopic (exact) mass is 380 g/mol. The maximum absolute atomic E-state index is 12.9. The molecule has 1 saturated heterocycles. The van der Waals surface area contributed by atoms with Gasteiger partial charge in [-0.25, -0.2) is 4.79 Å². The third kappa shape index (κ3) is 5.83. The molecule has 1 fully saturated rings. The zero-order valence-electron chi connectivity index (χ0n) is 17.3. The number of carbonyl (C=O) groups is 1. The van der Waals surface area contributed by atoms with Crippen molar-refractivity contribution in [2.24, 2.45) is 0 Å². The number of ether oxygens (including phenoxy) is 1. The topological polar surface area (TPSA) is 32.8 Å². The first kappa shape index (κ1) is 20.4. The van der Waals surface area contributed by atoms with Crippen LogP contribution in [0.15, 0.2) is 60.7 Å². The molecule has 0 aliphatic carbocycles. The first-order valence-electron chi connectivity index (χ1n) is 10.2. The predicted octanol–water partition coefficient (Wildman–Crippen LogP) is 5.44. The molecule has 4 heteroatoms. The standard InChI is InChI=1S/C24H32N2O2/c1-24(2,3)28-23(27)26-17-11-10-16-22(26)25(18-20-12-6-4-7-13-20)19-21-14-8-5-9-15-21/h4-9,12-15,22H,10-11,16-19H2,1-3H3. The van der Waals surface area contributed by atoms with Gasteiger partial charge in [-0.15, -0.1) is 0 Å². The number of likely N-dealkylation sites (tertiary alicyclic amines) is 1. The molecule has 1 amide bonds. The van der Waals surface area contributed by atoms with Gasteiger partial charge in [-0.1, -0.05) is 60.7 Å². The van der Waals surface area contributed by atoms with Gasteiger partial charge in [0, 0.05) is 19.6 Å². The van der Waals surface area contributed by atoms with Gasteiger partial charge in [-0.3, -0.25) is 9.80 Å². The fourth-order valence-corrected chi connectivity index (χ4v) is 3.73. The van der Waals surface area contributed by atoms with Crippen LogP contribution < -0.4 is 0 Å². The summed E-state index contributed by atoms with van der Waals surface area (Å²) < 4.78 is 5.72. The fraction of sp³-hybridized carbons (Fsp3) is 0.458. The van der Waals surface area contributed by atoms with Crippen molar-refractivity contribution in [1.82, 2.24) is 9.80 Å². The van der Waals surface area contributed by atoms with Crippen LogP contribution in [0.1, 0.15) is 51.2 Å². The fourth-order valence-electron chi connectivity index (χ4n) is 3.73. The van der Waals surface area contributed by atoms with Crippen LogP contribution in [0.4, 0.5) is 4.79 Å². The third-order valence-electron chi connectivity index (χ3n) is 4.98. The van der Waals surface area contributed by atoms with Crippen LogP contribution in [0.3, 0.4) is 0 Å². The summed E-state index contributed by atoms with van der Waals surface area (Å²) in [5.74, 6) is 0. The minimum Gasteiger partial charge on any atom is -0.444 e. The summed E-state index contributed by atoms with van der Waals surface area (Å²) in [4.78, 5) is 17.3. The van der Waals surface area contributed by atoms with Gasteiger partial charge in [0.05, 0.1) is 6.17 Å². The molecule has 1 aliphatic rings. The molecule has 0 saturated carbocycles. The lowest BCUT2D eigenvalue weighted by atomic mass is 10.0. The van der Waals surface area contributed by atoms with Gasteiger partial charge >= 0.3 is 6.09 Å². The molecule has 3 rings (SSSR count). The van der Waals surface area contributed by atoms with E-state index in [1.807, 2.05) is 37.8 Å². The molecule has 150 valence electrons. The van der Waals surface area contributed by atoms with Crippen molar-refractivity contribution in [1.29, 1.82) is 0 Å². The average Bonchev–Trinajstić information content (AvgIpc) is 2.68. The van der Waals surface area contributed by atoms with Crippen LogP contribution in [0.5, 0.6) is 0 Å². The van der Waals surface area contributed by atoms with Crippen molar-refractivity contribution < 1.29 is 9.53 Å². The Balaban J connectivity index is 1.84. The minimum atomic E-state index is -0.483. The highest BCUT2D eigenvalue weighted by Gasteiger charge is 2.34. The lowest BCUT2D eigenvalue weighted by molar-refractivity contribution is -0.0299. The summed E-state index contributed by atoms with van der Waals surface area (Å²) in [6.07, 6.45) is 2.97. The van der Waals surface area contributed by atoms with Crippen LogP contribution in [0, 0.1) is 0 Å². The van der Waals surface area contributed by atoms with E-state index in [0.29, 0.717) is 0 Å². The maximum atomic E-state index is 12.9. The highest BCUT2D eigenvalue weighted by Crippen LogP contribution is 2.26. The molecule has 1 aliphatic heterocycles. The van der Waals surface area contributed by atoms with Gasteiger partial charge in [0.1, 0.15) is 5.60 Å². The molecule has 2 aromatic rings. The molecule has 1 atom stereocenters. The Hall–Kier alpha value is -2.33. The van der Waals surface area contributed by atoms with E-state index < -0.39 is 5.60 Å². The smallest absolute Gasteiger partial charge is 0.411 e. The van der Waals surface area contributed by atoms with E-state index in [2.05, 4.69) is 53.4 Å². The Kier molecular flexibility index (Phi) is 6.74. The van der Waals surface area contributed by atoms with E-state index in [1.165, 1.54) is 11.1 Å². The van der Waals surface area contributed by atoms with E-state index in [9.17, 15) is 4.79 Å². The van der Waals surface area contributed by atoms with Crippen LogP contribution >= 0.6 is 0 Å². The Labute approximate surface area is 169 Å². The number of hydrogen-bond donors (Lipinski definition) is 0. The number of amides is 1. The zero-order chi connectivity index (χ0) is 20.0. The molecule has 2 aromatic carbocycles. The molecular weight excluding hydrogens is 348 g/mol. The van der Waals surface area contributed by atoms with Crippen molar-refractivity contribution in [2.75, 3.05) is 6.54 Å². The van der Waals surface area contributed by atoms with Crippen molar-refractivity contribution >= 4 is 6.09 Å². The highest BCUT2D eigenvalue weighted by atomic mass is 16.6. The zero-order valence-corrected chi connectivity index (χ0v) is 17.3. The first-order chi connectivity index (χ1) is 13.4. The predicted molar refractivity (Wildman–Crippen MR) is 113 cm³/mol. The summed E-state index contributed by atoms with van der Waals surface area (Å²) in [6, 6.07) is 21.0. The van der Waals surface area contributed by atoms with Crippen molar-refractivity contribution in [3.63, 3.8) is 0 Å². The van der Waals surface area contributed by atoms with Crippen LogP contribution in [-0.2, 0) is 17.8 Å². The Morgan fingerprint density at radius 2 is 1.50 bits per heavy atom. The number of nitrogens with zero attached hydrogens (tertiary/aromatic N) is 2. The first-order valence-corrected chi connectivity index (χ1v) is 10.2. The molecular formula is C24H32N2O2. The van der Waals surface area contributed by atoms with Crippen molar-refractivity contribution in [3.05, 3.63) is 71.8 Å². The molecule has 0 spiro atoms. The van der Waals surface area contributed by atoms with E-state index in [0.717, 1.165) is 38.9 Å². The maximum Gasteiger partial charge on any atom is 0.411 e. The minimum absolute atomic E-state index is 0.0454. The van der Waals surface area contributed by atoms with Crippen LogP contribution in [0.25, 0.3) is 0 Å². The summed E-state index contributed by atoms with van der Waals surface area (Å²) in [5, 5.41) is 0. The number of benzene rings is 2. The summed E-state index contributed by atoms with van der Waals surface area (Å²) >= 11 is 0. The summed E-state index contributed by atoms with van der Waals surface area (Å²) in [6.45, 7) is 8.14. The molecule has 0 bridgehead atoms. The van der Waals surface area contributed by atoms with Crippen molar-refractivity contribution in [3.8, 4) is 0 Å². The van der Waals surface area contributed by atoms with E-state index >= 15 is 0 Å². The molecule has 1 unspecified atom stereocenters. The number of hydrogen-bond acceptors (Lipinski definition) is 3. The average molecular weight is 381 g/mol. The van der Waals surface area contributed by atoms with Gasteiger partial charge < -0.3 is 4.74 Å².